The SMILES string of the molecule is Cc1cc(Br)c(S(=O)(=O)Nc2cc(C(C)C)no2)cc1Br. The standard InChI is InChI=1S/C13H14Br2N2O3S/c1-7(2)11-6-13(20-16-11)17-21(18,19)12-5-9(14)8(3)4-10(12)15/h4-7,17H,1-3H3. The largest absolute Gasteiger partial charge is 0.338 e. The highest BCUT2D eigenvalue weighted by Gasteiger charge is 2.21. The molecule has 1 aromatic carbocycles. The van der Waals surface area contributed by atoms with E-state index in [9.17, 15) is 8.42 Å². The Bertz CT molecular complexity index is 770. The maximum atomic E-state index is 12.4. The lowest BCUT2D eigenvalue weighted by atomic mass is 10.1. The number of halogens is 2. The molecule has 1 heterocycles. The van der Waals surface area contributed by atoms with Gasteiger partial charge in [-0.05, 0) is 46.5 Å². The van der Waals surface area contributed by atoms with Crippen LogP contribution in [-0.2, 0) is 10.0 Å². The van der Waals surface area contributed by atoms with Gasteiger partial charge < -0.3 is 4.52 Å². The molecule has 0 bridgehead atoms. The summed E-state index contributed by atoms with van der Waals surface area (Å²) in [6.07, 6.45) is 0. The normalized spacial score (nSPS) is 11.9. The number of hydrogen-bond acceptors (Lipinski definition) is 4. The summed E-state index contributed by atoms with van der Waals surface area (Å²) < 4.78 is 33.4. The van der Waals surface area contributed by atoms with E-state index in [0.717, 1.165) is 5.56 Å². The number of rotatable bonds is 4. The van der Waals surface area contributed by atoms with Crippen molar-refractivity contribution >= 4 is 47.8 Å². The van der Waals surface area contributed by atoms with Crippen molar-refractivity contribution in [2.24, 2.45) is 0 Å². The second kappa shape index (κ2) is 6.10. The highest BCUT2D eigenvalue weighted by molar-refractivity contribution is 9.11. The van der Waals surface area contributed by atoms with Crippen LogP contribution in [0.4, 0.5) is 5.88 Å². The lowest BCUT2D eigenvalue weighted by molar-refractivity contribution is 0.423. The molecule has 114 valence electrons. The third-order valence-electron chi connectivity index (χ3n) is 2.86. The Kier molecular flexibility index (Phi) is 4.79. The van der Waals surface area contributed by atoms with Crippen molar-refractivity contribution in [3.8, 4) is 0 Å². The highest BCUT2D eigenvalue weighted by atomic mass is 79.9. The molecule has 0 aliphatic rings. The zero-order valence-corrected chi connectivity index (χ0v) is 15.6. The maximum Gasteiger partial charge on any atom is 0.265 e. The van der Waals surface area contributed by atoms with Crippen LogP contribution in [0.15, 0.2) is 36.6 Å². The highest BCUT2D eigenvalue weighted by Crippen LogP contribution is 2.30. The van der Waals surface area contributed by atoms with Gasteiger partial charge in [-0.2, -0.15) is 0 Å². The molecule has 0 aliphatic heterocycles. The number of nitrogens with zero attached hydrogens (tertiary/aromatic N) is 1. The van der Waals surface area contributed by atoms with Crippen LogP contribution >= 0.6 is 31.9 Å². The summed E-state index contributed by atoms with van der Waals surface area (Å²) in [6, 6.07) is 4.86. The molecule has 2 rings (SSSR count). The number of nitrogens with one attached hydrogen (secondary N) is 1. The molecule has 0 radical (unpaired) electrons. The van der Waals surface area contributed by atoms with Crippen LogP contribution < -0.4 is 4.72 Å². The van der Waals surface area contributed by atoms with Crippen LogP contribution in [0.1, 0.15) is 31.0 Å². The third kappa shape index (κ3) is 3.67. The molecule has 1 N–H and O–H groups in total. The number of sulfonamides is 1. The molecule has 2 aromatic rings. The van der Waals surface area contributed by atoms with Crippen molar-refractivity contribution < 1.29 is 12.9 Å². The Labute approximate surface area is 140 Å². The first-order chi connectivity index (χ1) is 9.70. The number of benzene rings is 1. The van der Waals surface area contributed by atoms with E-state index in [0.29, 0.717) is 14.6 Å². The lowest BCUT2D eigenvalue weighted by Crippen LogP contribution is -2.13. The quantitative estimate of drug-likeness (QED) is 0.767. The van der Waals surface area contributed by atoms with E-state index in [1.165, 1.54) is 0 Å². The fourth-order valence-corrected chi connectivity index (χ4v) is 4.28. The van der Waals surface area contributed by atoms with Crippen LogP contribution in [0.2, 0.25) is 0 Å². The molecule has 0 atom stereocenters. The van der Waals surface area contributed by atoms with Crippen LogP contribution in [0.25, 0.3) is 0 Å². The van der Waals surface area contributed by atoms with Crippen molar-refractivity contribution in [2.75, 3.05) is 4.72 Å². The van der Waals surface area contributed by atoms with E-state index in [1.54, 1.807) is 18.2 Å². The number of hydrogen-bond donors (Lipinski definition) is 1. The summed E-state index contributed by atoms with van der Waals surface area (Å²) in [4.78, 5) is 0.127. The fraction of sp³-hybridized carbons (Fsp3) is 0.308. The van der Waals surface area contributed by atoms with E-state index >= 15 is 0 Å². The topological polar surface area (TPSA) is 72.2 Å². The van der Waals surface area contributed by atoms with Gasteiger partial charge in [0.2, 0.25) is 5.88 Å². The predicted molar refractivity (Wildman–Crippen MR) is 88.0 cm³/mol. The van der Waals surface area contributed by atoms with Crippen LogP contribution in [-0.4, -0.2) is 13.6 Å². The molecule has 0 spiro atoms. The van der Waals surface area contributed by atoms with E-state index < -0.39 is 10.0 Å². The fourth-order valence-electron chi connectivity index (χ4n) is 1.63. The Morgan fingerprint density at radius 1 is 1.19 bits per heavy atom. The van der Waals surface area contributed by atoms with E-state index in [2.05, 4.69) is 41.7 Å². The Morgan fingerprint density at radius 2 is 1.86 bits per heavy atom. The van der Waals surface area contributed by atoms with Gasteiger partial charge in [-0.15, -0.1) is 0 Å². The van der Waals surface area contributed by atoms with Gasteiger partial charge in [0.15, 0.2) is 0 Å². The van der Waals surface area contributed by atoms with Crippen molar-refractivity contribution in [3.05, 3.63) is 38.4 Å². The molecule has 0 saturated carbocycles. The summed E-state index contributed by atoms with van der Waals surface area (Å²) in [6.45, 7) is 5.78. The summed E-state index contributed by atoms with van der Waals surface area (Å²) in [5, 5.41) is 3.82. The van der Waals surface area contributed by atoms with Gasteiger partial charge in [-0.25, -0.2) is 13.1 Å². The molecule has 21 heavy (non-hydrogen) atoms. The van der Waals surface area contributed by atoms with Gasteiger partial charge in [0.05, 0.1) is 5.69 Å². The number of aromatic nitrogens is 1. The molecule has 0 amide bonds. The molecule has 0 saturated heterocycles. The van der Waals surface area contributed by atoms with Gasteiger partial charge in [0.25, 0.3) is 10.0 Å². The van der Waals surface area contributed by atoms with Gasteiger partial charge in [0.1, 0.15) is 4.90 Å². The van der Waals surface area contributed by atoms with Gasteiger partial charge in [-0.1, -0.05) is 34.9 Å². The van der Waals surface area contributed by atoms with Crippen molar-refractivity contribution in [1.82, 2.24) is 5.16 Å². The lowest BCUT2D eigenvalue weighted by Gasteiger charge is -2.09. The van der Waals surface area contributed by atoms with Gasteiger partial charge in [0, 0.05) is 15.0 Å². The zero-order chi connectivity index (χ0) is 15.8. The van der Waals surface area contributed by atoms with Crippen molar-refractivity contribution in [3.63, 3.8) is 0 Å². The first-order valence-electron chi connectivity index (χ1n) is 6.16. The number of aryl methyl sites for hydroxylation is 1. The van der Waals surface area contributed by atoms with Crippen molar-refractivity contribution in [2.45, 2.75) is 31.6 Å². The second-order valence-corrected chi connectivity index (χ2v) is 8.27. The smallest absolute Gasteiger partial charge is 0.265 e. The monoisotopic (exact) mass is 436 g/mol. The molecular formula is C13H14Br2N2O3S. The minimum absolute atomic E-state index is 0.0993. The van der Waals surface area contributed by atoms with E-state index in [4.69, 9.17) is 4.52 Å². The van der Waals surface area contributed by atoms with E-state index in [-0.39, 0.29) is 16.7 Å². The minimum Gasteiger partial charge on any atom is -0.338 e. The number of anilines is 1. The first kappa shape index (κ1) is 16.5. The summed E-state index contributed by atoms with van der Waals surface area (Å²) >= 11 is 6.61. The molecule has 1 aromatic heterocycles. The Balaban J connectivity index is 2.36. The summed E-state index contributed by atoms with van der Waals surface area (Å²) in [5.74, 6) is 0.259. The van der Waals surface area contributed by atoms with Gasteiger partial charge >= 0.3 is 0 Å². The van der Waals surface area contributed by atoms with Crippen LogP contribution in [0.5, 0.6) is 0 Å². The Hall–Kier alpha value is -0.860. The molecule has 0 unspecified atom stereocenters. The minimum atomic E-state index is -3.76. The molecule has 0 fully saturated rings. The van der Waals surface area contributed by atoms with Crippen LogP contribution in [0, 0.1) is 6.92 Å². The zero-order valence-electron chi connectivity index (χ0n) is 11.6. The summed E-state index contributed by atoms with van der Waals surface area (Å²) in [5.41, 5.74) is 1.62. The summed E-state index contributed by atoms with van der Waals surface area (Å²) in [7, 11) is -3.76. The first-order valence-corrected chi connectivity index (χ1v) is 9.22. The second-order valence-electron chi connectivity index (χ2n) is 4.91. The molecule has 0 aliphatic carbocycles. The van der Waals surface area contributed by atoms with Crippen LogP contribution in [0.3, 0.4) is 0 Å². The molecular weight excluding hydrogens is 424 g/mol. The average molecular weight is 438 g/mol. The van der Waals surface area contributed by atoms with E-state index in [1.807, 2.05) is 20.8 Å². The van der Waals surface area contributed by atoms with Gasteiger partial charge in [-0.3, -0.25) is 0 Å². The predicted octanol–water partition coefficient (Wildman–Crippen LogP) is 4.43. The average Bonchev–Trinajstić information content (AvgIpc) is 2.81. The third-order valence-corrected chi connectivity index (χ3v) is 6.02. The van der Waals surface area contributed by atoms with Crippen molar-refractivity contribution in [1.29, 1.82) is 0 Å². The molecule has 8 heteroatoms. The maximum absolute atomic E-state index is 12.4. The molecule has 5 nitrogen and oxygen atoms in total. The Morgan fingerprint density at radius 3 is 2.43 bits per heavy atom.